The van der Waals surface area contributed by atoms with E-state index in [2.05, 4.69) is 22.8 Å². The van der Waals surface area contributed by atoms with Crippen molar-refractivity contribution in [3.63, 3.8) is 0 Å². The van der Waals surface area contributed by atoms with Gasteiger partial charge in [-0.3, -0.25) is 0 Å². The number of nitrogens with one attached hydrogen (secondary N) is 2. The van der Waals surface area contributed by atoms with Crippen LogP contribution in [0.15, 0.2) is 0 Å². The quantitative estimate of drug-likeness (QED) is 0.662. The standard InChI is InChI=1S/C12H20N4/c13-7-3-9-15-11-5-1-2-6-12(11)16-10-4-8-14/h11-12,15-16H,1-6,9-10H2/t11-,12-/m1/s1. The summed E-state index contributed by atoms with van der Waals surface area (Å²) in [4.78, 5) is 0. The average Bonchev–Trinajstić information content (AvgIpc) is 2.32. The average molecular weight is 220 g/mol. The summed E-state index contributed by atoms with van der Waals surface area (Å²) in [6.45, 7) is 1.55. The molecule has 1 aliphatic rings. The first kappa shape index (κ1) is 13.0. The van der Waals surface area contributed by atoms with E-state index in [1.54, 1.807) is 0 Å². The molecule has 0 radical (unpaired) electrons. The van der Waals surface area contributed by atoms with Crippen molar-refractivity contribution in [2.24, 2.45) is 0 Å². The second kappa shape index (κ2) is 8.10. The van der Waals surface area contributed by atoms with Crippen molar-refractivity contribution in [3.8, 4) is 12.1 Å². The summed E-state index contributed by atoms with van der Waals surface area (Å²) >= 11 is 0. The second-order valence-electron chi connectivity index (χ2n) is 4.22. The molecule has 4 heteroatoms. The van der Waals surface area contributed by atoms with Crippen LogP contribution in [0.3, 0.4) is 0 Å². The zero-order chi connectivity index (χ0) is 11.6. The molecule has 0 aromatic rings. The Bertz CT molecular complexity index is 235. The lowest BCUT2D eigenvalue weighted by atomic mass is 9.90. The summed E-state index contributed by atoms with van der Waals surface area (Å²) in [6, 6.07) is 5.24. The molecule has 2 N–H and O–H groups in total. The van der Waals surface area contributed by atoms with Crippen LogP contribution in [0.25, 0.3) is 0 Å². The van der Waals surface area contributed by atoms with Gasteiger partial charge in [-0.2, -0.15) is 10.5 Å². The Morgan fingerprint density at radius 2 is 1.31 bits per heavy atom. The monoisotopic (exact) mass is 220 g/mol. The highest BCUT2D eigenvalue weighted by molar-refractivity contribution is 4.88. The fourth-order valence-electron chi connectivity index (χ4n) is 2.25. The molecule has 0 amide bonds. The second-order valence-corrected chi connectivity index (χ2v) is 4.22. The van der Waals surface area contributed by atoms with E-state index in [-0.39, 0.29) is 0 Å². The molecule has 0 unspecified atom stereocenters. The third-order valence-electron chi connectivity index (χ3n) is 3.05. The number of nitriles is 2. The highest BCUT2D eigenvalue weighted by Gasteiger charge is 2.23. The first-order valence-corrected chi connectivity index (χ1v) is 6.09. The summed E-state index contributed by atoms with van der Waals surface area (Å²) in [7, 11) is 0. The Hall–Kier alpha value is -1.10. The smallest absolute Gasteiger partial charge is 0.0635 e. The maximum atomic E-state index is 8.49. The summed E-state index contributed by atoms with van der Waals surface area (Å²) < 4.78 is 0. The predicted octanol–water partition coefficient (Wildman–Crippen LogP) is 1.30. The Balaban J connectivity index is 2.27. The molecular formula is C12H20N4. The molecule has 1 aliphatic carbocycles. The lowest BCUT2D eigenvalue weighted by Gasteiger charge is -2.32. The molecule has 0 bridgehead atoms. The minimum atomic E-state index is 0.473. The fraction of sp³-hybridized carbons (Fsp3) is 0.833. The molecule has 88 valence electrons. The van der Waals surface area contributed by atoms with Crippen LogP contribution in [0, 0.1) is 22.7 Å². The highest BCUT2D eigenvalue weighted by Crippen LogP contribution is 2.18. The lowest BCUT2D eigenvalue weighted by Crippen LogP contribution is -2.50. The first-order chi connectivity index (χ1) is 7.88. The van der Waals surface area contributed by atoms with Gasteiger partial charge < -0.3 is 10.6 Å². The van der Waals surface area contributed by atoms with Crippen molar-refractivity contribution >= 4 is 0 Å². The van der Waals surface area contributed by atoms with Gasteiger partial charge in [-0.25, -0.2) is 0 Å². The minimum absolute atomic E-state index is 0.473. The van der Waals surface area contributed by atoms with Crippen molar-refractivity contribution in [1.82, 2.24) is 10.6 Å². The van der Waals surface area contributed by atoms with E-state index >= 15 is 0 Å². The van der Waals surface area contributed by atoms with Crippen molar-refractivity contribution in [3.05, 3.63) is 0 Å². The molecule has 0 aliphatic heterocycles. The molecule has 16 heavy (non-hydrogen) atoms. The van der Waals surface area contributed by atoms with Gasteiger partial charge in [-0.15, -0.1) is 0 Å². The van der Waals surface area contributed by atoms with Crippen LogP contribution in [-0.2, 0) is 0 Å². The normalized spacial score (nSPS) is 24.6. The van der Waals surface area contributed by atoms with E-state index in [1.807, 2.05) is 0 Å². The molecule has 0 aromatic carbocycles. The Morgan fingerprint density at radius 1 is 0.875 bits per heavy atom. The van der Waals surface area contributed by atoms with Gasteiger partial charge in [0.05, 0.1) is 12.1 Å². The Kier molecular flexibility index (Phi) is 6.56. The van der Waals surface area contributed by atoms with Crippen molar-refractivity contribution in [2.75, 3.05) is 13.1 Å². The SMILES string of the molecule is N#CCCN[C@@H]1CCCC[C@H]1NCCC#N. The molecule has 0 spiro atoms. The fourth-order valence-corrected chi connectivity index (χ4v) is 2.25. The molecule has 4 nitrogen and oxygen atoms in total. The lowest BCUT2D eigenvalue weighted by molar-refractivity contribution is 0.287. The van der Waals surface area contributed by atoms with Crippen LogP contribution in [0.4, 0.5) is 0 Å². The van der Waals surface area contributed by atoms with Crippen molar-refractivity contribution in [2.45, 2.75) is 50.6 Å². The van der Waals surface area contributed by atoms with E-state index in [4.69, 9.17) is 10.5 Å². The summed E-state index contributed by atoms with van der Waals surface area (Å²) in [5.41, 5.74) is 0. The molecule has 1 rings (SSSR count). The van der Waals surface area contributed by atoms with Gasteiger partial charge in [0.25, 0.3) is 0 Å². The number of nitrogens with zero attached hydrogens (tertiary/aromatic N) is 2. The molecule has 0 saturated heterocycles. The van der Waals surface area contributed by atoms with Crippen LogP contribution < -0.4 is 10.6 Å². The van der Waals surface area contributed by atoms with Gasteiger partial charge >= 0.3 is 0 Å². The van der Waals surface area contributed by atoms with E-state index < -0.39 is 0 Å². The maximum absolute atomic E-state index is 8.49. The van der Waals surface area contributed by atoms with Crippen LogP contribution in [-0.4, -0.2) is 25.2 Å². The zero-order valence-corrected chi connectivity index (χ0v) is 9.71. The first-order valence-electron chi connectivity index (χ1n) is 6.09. The number of rotatable bonds is 6. The predicted molar refractivity (Wildman–Crippen MR) is 62.5 cm³/mol. The molecule has 1 fully saturated rings. The summed E-state index contributed by atoms with van der Waals surface area (Å²) in [6.07, 6.45) is 6.02. The zero-order valence-electron chi connectivity index (χ0n) is 9.71. The van der Waals surface area contributed by atoms with Gasteiger partial charge in [-0.1, -0.05) is 12.8 Å². The maximum Gasteiger partial charge on any atom is 0.0635 e. The van der Waals surface area contributed by atoms with Gasteiger partial charge in [0.15, 0.2) is 0 Å². The molecule has 1 saturated carbocycles. The third kappa shape index (κ3) is 4.61. The Labute approximate surface area is 97.6 Å². The molecular weight excluding hydrogens is 200 g/mol. The van der Waals surface area contributed by atoms with E-state index in [9.17, 15) is 0 Å². The van der Waals surface area contributed by atoms with Crippen molar-refractivity contribution < 1.29 is 0 Å². The van der Waals surface area contributed by atoms with Crippen LogP contribution in [0.1, 0.15) is 38.5 Å². The topological polar surface area (TPSA) is 71.6 Å². The number of hydrogen-bond donors (Lipinski definition) is 2. The highest BCUT2D eigenvalue weighted by atomic mass is 15.0. The summed E-state index contributed by atoms with van der Waals surface area (Å²) in [5, 5.41) is 23.8. The summed E-state index contributed by atoms with van der Waals surface area (Å²) in [5.74, 6) is 0. The van der Waals surface area contributed by atoms with Crippen LogP contribution in [0.2, 0.25) is 0 Å². The van der Waals surface area contributed by atoms with Gasteiger partial charge in [0.2, 0.25) is 0 Å². The van der Waals surface area contributed by atoms with Crippen LogP contribution >= 0.6 is 0 Å². The molecule has 2 atom stereocenters. The van der Waals surface area contributed by atoms with Crippen molar-refractivity contribution in [1.29, 1.82) is 10.5 Å². The third-order valence-corrected chi connectivity index (χ3v) is 3.05. The van der Waals surface area contributed by atoms with E-state index in [1.165, 1.54) is 25.7 Å². The van der Waals surface area contributed by atoms with E-state index in [0.717, 1.165) is 13.1 Å². The Morgan fingerprint density at radius 3 is 1.69 bits per heavy atom. The van der Waals surface area contributed by atoms with Gasteiger partial charge in [0.1, 0.15) is 0 Å². The minimum Gasteiger partial charge on any atom is -0.311 e. The number of hydrogen-bond acceptors (Lipinski definition) is 4. The van der Waals surface area contributed by atoms with Gasteiger partial charge in [-0.05, 0) is 12.8 Å². The van der Waals surface area contributed by atoms with Crippen LogP contribution in [0.5, 0.6) is 0 Å². The largest absolute Gasteiger partial charge is 0.311 e. The van der Waals surface area contributed by atoms with Gasteiger partial charge in [0, 0.05) is 38.0 Å². The molecule has 0 aromatic heterocycles. The molecule has 0 heterocycles. The van der Waals surface area contributed by atoms with E-state index in [0.29, 0.717) is 24.9 Å².